The second kappa shape index (κ2) is 15.3. The van der Waals surface area contributed by atoms with E-state index in [0.717, 1.165) is 36.2 Å². The molecule has 14 heteroatoms. The van der Waals surface area contributed by atoms with Gasteiger partial charge in [-0.15, -0.1) is 0 Å². The Balaban J connectivity index is 1.35. The fraction of sp³-hybridized carbons (Fsp3) is 0.424. The molecule has 1 amide bonds. The minimum Gasteiger partial charge on any atom is -0.487 e. The fourth-order valence-electron chi connectivity index (χ4n) is 5.81. The zero-order valence-electron chi connectivity index (χ0n) is 26.8. The van der Waals surface area contributed by atoms with E-state index in [1.807, 2.05) is 42.9 Å². The summed E-state index contributed by atoms with van der Waals surface area (Å²) in [6, 6.07) is 9.60. The summed E-state index contributed by atoms with van der Waals surface area (Å²) in [7, 11) is -0.497. The summed E-state index contributed by atoms with van der Waals surface area (Å²) in [4.78, 5) is 25.9. The van der Waals surface area contributed by atoms with Gasteiger partial charge < -0.3 is 24.2 Å². The van der Waals surface area contributed by atoms with Gasteiger partial charge in [-0.25, -0.2) is 18.4 Å². The van der Waals surface area contributed by atoms with E-state index in [2.05, 4.69) is 9.88 Å². The molecule has 0 aliphatic carbocycles. The number of fused-ring (bicyclic) bond motifs is 1. The van der Waals surface area contributed by atoms with Gasteiger partial charge in [0.05, 0.1) is 17.0 Å². The van der Waals surface area contributed by atoms with E-state index < -0.39 is 16.1 Å². The zero-order chi connectivity index (χ0) is 33.7. The molecular weight excluding hydrogens is 663 g/mol. The van der Waals surface area contributed by atoms with Crippen LogP contribution >= 0.6 is 23.2 Å². The van der Waals surface area contributed by atoms with Crippen LogP contribution in [-0.4, -0.2) is 101 Å². The number of carbonyl (C=O) groups is 1. The molecule has 1 aliphatic rings. The predicted octanol–water partition coefficient (Wildman–Crippen LogP) is 4.93. The lowest BCUT2D eigenvalue weighted by molar-refractivity contribution is -0.133. The Kier molecular flexibility index (Phi) is 11.4. The second-order valence-electron chi connectivity index (χ2n) is 11.8. The van der Waals surface area contributed by atoms with E-state index in [0.29, 0.717) is 42.8 Å². The van der Waals surface area contributed by atoms with Crippen LogP contribution in [0.4, 0.5) is 0 Å². The highest BCUT2D eigenvalue weighted by Gasteiger charge is 2.41. The Hall–Kier alpha value is -3.26. The number of imidazole rings is 1. The predicted molar refractivity (Wildman–Crippen MR) is 183 cm³/mol. The number of pyridine rings is 1. The molecule has 4 aromatic rings. The van der Waals surface area contributed by atoms with Gasteiger partial charge in [0.2, 0.25) is 15.9 Å². The van der Waals surface area contributed by atoms with E-state index >= 15 is 0 Å². The maximum atomic E-state index is 14.0. The van der Waals surface area contributed by atoms with Crippen LogP contribution in [0.1, 0.15) is 36.9 Å². The van der Waals surface area contributed by atoms with Crippen molar-refractivity contribution in [3.05, 3.63) is 76.4 Å². The normalized spacial score (nSPS) is 15.5. The van der Waals surface area contributed by atoms with Crippen LogP contribution in [-0.2, 0) is 21.4 Å². The van der Waals surface area contributed by atoms with E-state index in [1.54, 1.807) is 30.5 Å². The minimum atomic E-state index is -4.15. The molecule has 0 saturated carbocycles. The SMILES string of the molecule is Cc1cc(-n2ccnc2)c2cccc(OCc3c(Cl)ccc(S(=O)(=O)N4CCC[C@H]4C(=O)N(C)CCN(C)CCCCO)c3Cl)c2n1. The number of unbranched alkanes of at least 4 members (excludes halogenated alkanes) is 1. The molecule has 252 valence electrons. The van der Waals surface area contributed by atoms with E-state index in [4.69, 9.17) is 38.0 Å². The molecule has 1 saturated heterocycles. The van der Waals surface area contributed by atoms with Crippen molar-refractivity contribution in [1.82, 2.24) is 28.6 Å². The average Bonchev–Trinajstić information content (AvgIpc) is 3.77. The van der Waals surface area contributed by atoms with Crippen LogP contribution in [0.3, 0.4) is 0 Å². The highest BCUT2D eigenvalue weighted by atomic mass is 35.5. The fourth-order valence-corrected chi connectivity index (χ4v) is 8.32. The first-order valence-electron chi connectivity index (χ1n) is 15.6. The van der Waals surface area contributed by atoms with Crippen molar-refractivity contribution in [1.29, 1.82) is 0 Å². The van der Waals surface area contributed by atoms with Crippen LogP contribution in [0.25, 0.3) is 16.6 Å². The van der Waals surface area contributed by atoms with Crippen LogP contribution in [0, 0.1) is 6.92 Å². The van der Waals surface area contributed by atoms with Gasteiger partial charge in [-0.2, -0.15) is 4.31 Å². The standard InChI is InChI=1S/C33H40Cl2N6O5S/c1-23-20-28(40-16-13-36-22-40)24-8-6-10-29(32(24)37-23)46-21-25-26(34)11-12-30(31(25)35)47(44,45)41-15-7-9-27(41)33(43)39(3)18-17-38(2)14-4-5-19-42/h6,8,10-13,16,20,22,27,42H,4-5,7,9,14-15,17-19,21H2,1-3H3/t27-/m0/s1. The van der Waals surface area contributed by atoms with E-state index in [1.165, 1.54) is 16.4 Å². The molecule has 1 aliphatic heterocycles. The van der Waals surface area contributed by atoms with Gasteiger partial charge >= 0.3 is 0 Å². The van der Waals surface area contributed by atoms with E-state index in [-0.39, 0.29) is 40.6 Å². The number of sulfonamides is 1. The van der Waals surface area contributed by atoms with Gasteiger partial charge in [0.15, 0.2) is 0 Å². The first-order chi connectivity index (χ1) is 22.5. The lowest BCUT2D eigenvalue weighted by atomic mass is 10.1. The van der Waals surface area contributed by atoms with Gasteiger partial charge in [-0.1, -0.05) is 35.3 Å². The third kappa shape index (κ3) is 7.74. The number of likely N-dealkylation sites (N-methyl/N-ethyl adjacent to an activating group) is 2. The summed E-state index contributed by atoms with van der Waals surface area (Å²) in [5.41, 5.74) is 2.63. The Morgan fingerprint density at radius 1 is 1.13 bits per heavy atom. The number of aliphatic hydroxyl groups is 1. The summed E-state index contributed by atoms with van der Waals surface area (Å²) in [6.07, 6.45) is 7.83. The quantitative estimate of drug-likeness (QED) is 0.184. The summed E-state index contributed by atoms with van der Waals surface area (Å²) in [5, 5.41) is 10.1. The topological polar surface area (TPSA) is 121 Å². The van der Waals surface area contributed by atoms with Gasteiger partial charge in [0.25, 0.3) is 0 Å². The number of nitrogens with zero attached hydrogens (tertiary/aromatic N) is 6. The van der Waals surface area contributed by atoms with Crippen molar-refractivity contribution in [2.45, 2.75) is 50.2 Å². The Bertz CT molecular complexity index is 1820. The number of aryl methyl sites for hydroxylation is 1. The van der Waals surface area contributed by atoms with Crippen LogP contribution in [0.2, 0.25) is 10.0 Å². The summed E-state index contributed by atoms with van der Waals surface area (Å²) in [6.45, 7) is 4.04. The molecule has 0 radical (unpaired) electrons. The molecular formula is C33H40Cl2N6O5S. The third-order valence-corrected chi connectivity index (χ3v) is 11.3. The smallest absolute Gasteiger partial charge is 0.245 e. The number of rotatable bonds is 14. The molecule has 0 unspecified atom stereocenters. The number of aromatic nitrogens is 3. The average molecular weight is 704 g/mol. The van der Waals surface area contributed by atoms with E-state index in [9.17, 15) is 13.2 Å². The molecule has 5 rings (SSSR count). The molecule has 1 N–H and O–H groups in total. The Morgan fingerprint density at radius 2 is 1.94 bits per heavy atom. The number of aliphatic hydroxyl groups excluding tert-OH is 1. The lowest BCUT2D eigenvalue weighted by Gasteiger charge is -2.29. The molecule has 0 bridgehead atoms. The molecule has 11 nitrogen and oxygen atoms in total. The number of para-hydroxylation sites is 1. The lowest BCUT2D eigenvalue weighted by Crippen LogP contribution is -2.48. The van der Waals surface area contributed by atoms with Crippen molar-refractivity contribution in [2.24, 2.45) is 0 Å². The maximum Gasteiger partial charge on any atom is 0.245 e. The Labute approximate surface area is 285 Å². The summed E-state index contributed by atoms with van der Waals surface area (Å²) < 4.78 is 37.5. The van der Waals surface area contributed by atoms with Crippen LogP contribution in [0.15, 0.2) is 60.0 Å². The first-order valence-corrected chi connectivity index (χ1v) is 17.8. The number of hydrogen-bond acceptors (Lipinski definition) is 8. The molecule has 2 aromatic heterocycles. The Morgan fingerprint density at radius 3 is 2.68 bits per heavy atom. The zero-order valence-corrected chi connectivity index (χ0v) is 29.1. The highest BCUT2D eigenvalue weighted by molar-refractivity contribution is 7.89. The van der Waals surface area contributed by atoms with Crippen molar-refractivity contribution in [3.63, 3.8) is 0 Å². The number of halogens is 2. The number of ether oxygens (including phenoxy) is 1. The summed E-state index contributed by atoms with van der Waals surface area (Å²) in [5.74, 6) is 0.234. The van der Waals surface area contributed by atoms with Gasteiger partial charge in [-0.3, -0.25) is 4.79 Å². The number of hydrogen-bond donors (Lipinski definition) is 1. The molecule has 1 atom stereocenters. The third-order valence-electron chi connectivity index (χ3n) is 8.43. The van der Waals surface area contributed by atoms with Crippen molar-refractivity contribution < 1.29 is 23.1 Å². The van der Waals surface area contributed by atoms with Gasteiger partial charge in [0, 0.05) is 67.3 Å². The number of amides is 1. The highest BCUT2D eigenvalue weighted by Crippen LogP contribution is 2.37. The van der Waals surface area contributed by atoms with Crippen LogP contribution in [0.5, 0.6) is 5.75 Å². The largest absolute Gasteiger partial charge is 0.487 e. The molecule has 3 heterocycles. The van der Waals surface area contributed by atoms with Gasteiger partial charge in [-0.05, 0) is 70.5 Å². The van der Waals surface area contributed by atoms with Crippen molar-refractivity contribution in [3.8, 4) is 11.4 Å². The number of benzene rings is 2. The molecule has 47 heavy (non-hydrogen) atoms. The molecule has 1 fully saturated rings. The van der Waals surface area contributed by atoms with Crippen LogP contribution < -0.4 is 4.74 Å². The van der Waals surface area contributed by atoms with Gasteiger partial charge in [0.1, 0.15) is 28.8 Å². The molecule has 2 aromatic carbocycles. The second-order valence-corrected chi connectivity index (χ2v) is 14.4. The minimum absolute atomic E-state index is 0.0445. The maximum absolute atomic E-state index is 14.0. The van der Waals surface area contributed by atoms with Crippen molar-refractivity contribution >= 4 is 50.0 Å². The summed E-state index contributed by atoms with van der Waals surface area (Å²) >= 11 is 13.4. The molecule has 0 spiro atoms. The number of carbonyl (C=O) groups excluding carboxylic acids is 1. The monoisotopic (exact) mass is 702 g/mol. The van der Waals surface area contributed by atoms with Crippen molar-refractivity contribution in [2.75, 3.05) is 46.9 Å². The first kappa shape index (κ1) is 35.1.